The second kappa shape index (κ2) is 7.02. The molecule has 0 saturated heterocycles. The van der Waals surface area contributed by atoms with Crippen LogP contribution in [0.4, 0.5) is 11.8 Å². The molecule has 4 rings (SSSR count). The zero-order valence-corrected chi connectivity index (χ0v) is 15.7. The highest BCUT2D eigenvalue weighted by Gasteiger charge is 2.24. The molecular weight excluding hydrogens is 328 g/mol. The molecule has 2 heterocycles. The number of fused-ring (bicyclic) bond motifs is 1. The molecule has 0 radical (unpaired) electrons. The number of aromatic nitrogens is 2. The number of ether oxygens (including phenoxy) is 2. The van der Waals surface area contributed by atoms with Crippen LogP contribution in [-0.4, -0.2) is 36.8 Å². The molecule has 2 aliphatic rings. The molecule has 26 heavy (non-hydrogen) atoms. The molecule has 1 saturated carbocycles. The van der Waals surface area contributed by atoms with E-state index in [1.807, 2.05) is 0 Å². The lowest BCUT2D eigenvalue weighted by Gasteiger charge is -2.31. The van der Waals surface area contributed by atoms with Gasteiger partial charge in [-0.2, -0.15) is 4.98 Å². The van der Waals surface area contributed by atoms with Gasteiger partial charge in [-0.15, -0.1) is 0 Å². The first-order valence-corrected chi connectivity index (χ1v) is 9.33. The quantitative estimate of drug-likeness (QED) is 0.860. The first-order valence-electron chi connectivity index (χ1n) is 9.33. The molecule has 6 heteroatoms. The van der Waals surface area contributed by atoms with Crippen LogP contribution in [-0.2, 0) is 19.4 Å². The van der Waals surface area contributed by atoms with E-state index >= 15 is 0 Å². The Morgan fingerprint density at radius 2 is 1.81 bits per heavy atom. The highest BCUT2D eigenvalue weighted by Crippen LogP contribution is 2.34. The molecule has 0 unspecified atom stereocenters. The molecule has 1 fully saturated rings. The summed E-state index contributed by atoms with van der Waals surface area (Å²) >= 11 is 0. The lowest BCUT2D eigenvalue weighted by molar-refractivity contribution is 0.353. The Morgan fingerprint density at radius 3 is 2.46 bits per heavy atom. The number of nitrogens with zero attached hydrogens (tertiary/aromatic N) is 3. The number of nitrogens with one attached hydrogen (secondary N) is 1. The molecule has 1 N–H and O–H groups in total. The first kappa shape index (κ1) is 16.9. The molecule has 0 amide bonds. The molecule has 2 aromatic rings. The van der Waals surface area contributed by atoms with Gasteiger partial charge in [-0.3, -0.25) is 0 Å². The van der Waals surface area contributed by atoms with Gasteiger partial charge in [0.2, 0.25) is 5.95 Å². The van der Waals surface area contributed by atoms with Crippen LogP contribution < -0.4 is 19.7 Å². The van der Waals surface area contributed by atoms with Gasteiger partial charge in [-0.05, 0) is 48.9 Å². The fourth-order valence-corrected chi connectivity index (χ4v) is 3.38. The monoisotopic (exact) mass is 354 g/mol. The van der Waals surface area contributed by atoms with E-state index in [0.717, 1.165) is 54.9 Å². The molecule has 1 aromatic carbocycles. The maximum absolute atomic E-state index is 5.47. The smallest absolute Gasteiger partial charge is 0.225 e. The van der Waals surface area contributed by atoms with Gasteiger partial charge >= 0.3 is 0 Å². The summed E-state index contributed by atoms with van der Waals surface area (Å²) in [5.41, 5.74) is 3.67. The lowest BCUT2D eigenvalue weighted by Crippen LogP contribution is -2.31. The third kappa shape index (κ3) is 3.41. The molecule has 1 aliphatic heterocycles. The molecule has 1 aromatic heterocycles. The number of hydrogen-bond donors (Lipinski definition) is 1. The second-order valence-electron chi connectivity index (χ2n) is 6.96. The number of aryl methyl sites for hydroxylation is 1. The standard InChI is InChI=1S/C20H26N4O2/c1-4-15-11-19(23-20(21-15)22-16-5-6-16)24-8-7-13-9-17(25-2)18(26-3)10-14(13)12-24/h9-11,16H,4-8,12H2,1-3H3,(H,21,22,23). The van der Waals surface area contributed by atoms with Crippen LogP contribution in [0.3, 0.4) is 0 Å². The summed E-state index contributed by atoms with van der Waals surface area (Å²) in [6.07, 6.45) is 4.30. The summed E-state index contributed by atoms with van der Waals surface area (Å²) in [6.45, 7) is 3.89. The van der Waals surface area contributed by atoms with Crippen molar-refractivity contribution in [2.24, 2.45) is 0 Å². The van der Waals surface area contributed by atoms with Gasteiger partial charge < -0.3 is 19.7 Å². The van der Waals surface area contributed by atoms with Gasteiger partial charge in [-0.1, -0.05) is 6.92 Å². The van der Waals surface area contributed by atoms with E-state index in [9.17, 15) is 0 Å². The van der Waals surface area contributed by atoms with Crippen LogP contribution in [0.1, 0.15) is 36.6 Å². The molecule has 0 bridgehead atoms. The van der Waals surface area contributed by atoms with Gasteiger partial charge in [0.25, 0.3) is 0 Å². The average molecular weight is 354 g/mol. The Balaban J connectivity index is 1.61. The Hall–Kier alpha value is -2.50. The van der Waals surface area contributed by atoms with Gasteiger partial charge in [0.05, 0.1) is 14.2 Å². The Morgan fingerprint density at radius 1 is 1.08 bits per heavy atom. The van der Waals surface area contributed by atoms with Crippen LogP contribution in [0.25, 0.3) is 0 Å². The average Bonchev–Trinajstić information content (AvgIpc) is 3.49. The van der Waals surface area contributed by atoms with E-state index in [2.05, 4.69) is 40.3 Å². The van der Waals surface area contributed by atoms with E-state index in [4.69, 9.17) is 14.5 Å². The molecule has 138 valence electrons. The minimum atomic E-state index is 0.550. The van der Waals surface area contributed by atoms with E-state index in [1.165, 1.54) is 24.0 Å². The second-order valence-corrected chi connectivity index (χ2v) is 6.96. The van der Waals surface area contributed by atoms with Gasteiger partial charge in [0, 0.05) is 30.9 Å². The minimum absolute atomic E-state index is 0.550. The number of rotatable bonds is 6. The van der Waals surface area contributed by atoms with Crippen LogP contribution in [0, 0.1) is 0 Å². The number of benzene rings is 1. The van der Waals surface area contributed by atoms with Crippen molar-refractivity contribution in [3.63, 3.8) is 0 Å². The summed E-state index contributed by atoms with van der Waals surface area (Å²) in [7, 11) is 3.36. The third-order valence-electron chi connectivity index (χ3n) is 5.08. The summed E-state index contributed by atoms with van der Waals surface area (Å²) < 4.78 is 10.9. The highest BCUT2D eigenvalue weighted by atomic mass is 16.5. The van der Waals surface area contributed by atoms with Crippen LogP contribution in [0.2, 0.25) is 0 Å². The van der Waals surface area contributed by atoms with Crippen molar-refractivity contribution in [3.8, 4) is 11.5 Å². The van der Waals surface area contributed by atoms with Crippen LogP contribution >= 0.6 is 0 Å². The van der Waals surface area contributed by atoms with Crippen molar-refractivity contribution in [2.45, 2.75) is 45.2 Å². The largest absolute Gasteiger partial charge is 0.493 e. The van der Waals surface area contributed by atoms with Crippen molar-refractivity contribution in [1.82, 2.24) is 9.97 Å². The molecule has 0 atom stereocenters. The van der Waals surface area contributed by atoms with E-state index in [1.54, 1.807) is 14.2 Å². The molecule has 1 aliphatic carbocycles. The third-order valence-corrected chi connectivity index (χ3v) is 5.08. The van der Waals surface area contributed by atoms with Gasteiger partial charge in [0.15, 0.2) is 11.5 Å². The first-order chi connectivity index (χ1) is 12.7. The number of methoxy groups -OCH3 is 2. The van der Waals surface area contributed by atoms with Gasteiger partial charge in [0.1, 0.15) is 5.82 Å². The molecule has 0 spiro atoms. The van der Waals surface area contributed by atoms with Crippen molar-refractivity contribution < 1.29 is 9.47 Å². The van der Waals surface area contributed by atoms with E-state index in [0.29, 0.717) is 6.04 Å². The number of anilines is 2. The van der Waals surface area contributed by atoms with Crippen molar-refractivity contribution >= 4 is 11.8 Å². The predicted molar refractivity (Wildman–Crippen MR) is 102 cm³/mol. The topological polar surface area (TPSA) is 59.5 Å². The highest BCUT2D eigenvalue weighted by molar-refractivity contribution is 5.53. The summed E-state index contributed by atoms with van der Waals surface area (Å²) in [6, 6.07) is 6.85. The van der Waals surface area contributed by atoms with E-state index < -0.39 is 0 Å². The normalized spacial score (nSPS) is 16.2. The Bertz CT molecular complexity index is 805. The maximum Gasteiger partial charge on any atom is 0.225 e. The SMILES string of the molecule is CCc1cc(N2CCc3cc(OC)c(OC)cc3C2)nc(NC2CC2)n1. The fourth-order valence-electron chi connectivity index (χ4n) is 3.38. The van der Waals surface area contributed by atoms with Crippen molar-refractivity contribution in [1.29, 1.82) is 0 Å². The summed E-state index contributed by atoms with van der Waals surface area (Å²) in [4.78, 5) is 11.7. The van der Waals surface area contributed by atoms with Crippen LogP contribution in [0.5, 0.6) is 11.5 Å². The summed E-state index contributed by atoms with van der Waals surface area (Å²) in [5.74, 6) is 3.34. The van der Waals surface area contributed by atoms with Crippen molar-refractivity contribution in [2.75, 3.05) is 31.0 Å². The Labute approximate surface area is 154 Å². The van der Waals surface area contributed by atoms with Gasteiger partial charge in [-0.25, -0.2) is 4.98 Å². The Kier molecular flexibility index (Phi) is 4.57. The van der Waals surface area contributed by atoms with E-state index in [-0.39, 0.29) is 0 Å². The van der Waals surface area contributed by atoms with Crippen molar-refractivity contribution in [3.05, 3.63) is 35.0 Å². The van der Waals surface area contributed by atoms with Crippen LogP contribution in [0.15, 0.2) is 18.2 Å². The molecular formula is C20H26N4O2. The number of hydrogen-bond acceptors (Lipinski definition) is 6. The maximum atomic E-state index is 5.47. The zero-order chi connectivity index (χ0) is 18.1. The zero-order valence-electron chi connectivity index (χ0n) is 15.7. The predicted octanol–water partition coefficient (Wildman–Crippen LogP) is 3.19. The lowest BCUT2D eigenvalue weighted by atomic mass is 9.98. The molecule has 6 nitrogen and oxygen atoms in total. The fraction of sp³-hybridized carbons (Fsp3) is 0.500. The summed E-state index contributed by atoms with van der Waals surface area (Å²) in [5, 5.41) is 3.44. The minimum Gasteiger partial charge on any atom is -0.493 e.